The first-order valence-corrected chi connectivity index (χ1v) is 16.1. The Labute approximate surface area is 254 Å². The second-order valence-corrected chi connectivity index (χ2v) is 13.1. The summed E-state index contributed by atoms with van der Waals surface area (Å²) in [5, 5.41) is 3.65. The highest BCUT2D eigenvalue weighted by atomic mass is 79.9. The van der Waals surface area contributed by atoms with Crippen molar-refractivity contribution in [3.05, 3.63) is 98.4 Å². The molecule has 0 spiro atoms. The largest absolute Gasteiger partial charge is 0.352 e. The summed E-state index contributed by atoms with van der Waals surface area (Å²) in [5.41, 5.74) is 1.60. The average Bonchev–Trinajstić information content (AvgIpc) is 2.90. The molecule has 0 aliphatic carbocycles. The molecule has 0 unspecified atom stereocenters. The number of halogens is 3. The second-order valence-electron chi connectivity index (χ2n) is 9.49. The number of nitrogens with zero attached hydrogens (tertiary/aromatic N) is 2. The van der Waals surface area contributed by atoms with Crippen LogP contribution in [-0.4, -0.2) is 50.0 Å². The Balaban J connectivity index is 2.11. The molecule has 0 saturated heterocycles. The van der Waals surface area contributed by atoms with Crippen LogP contribution in [0.15, 0.2) is 77.3 Å². The van der Waals surface area contributed by atoms with Gasteiger partial charge in [0.1, 0.15) is 12.6 Å². The number of carbonyl (C=O) groups is 2. The summed E-state index contributed by atoms with van der Waals surface area (Å²) >= 11 is 16.3. The van der Waals surface area contributed by atoms with Gasteiger partial charge in [-0.2, -0.15) is 0 Å². The van der Waals surface area contributed by atoms with Crippen LogP contribution in [0.4, 0.5) is 5.69 Å². The van der Waals surface area contributed by atoms with E-state index in [-0.39, 0.29) is 24.9 Å². The Morgan fingerprint density at radius 3 is 2.17 bits per heavy atom. The van der Waals surface area contributed by atoms with Crippen molar-refractivity contribution in [2.24, 2.45) is 0 Å². The minimum atomic E-state index is -3.87. The lowest BCUT2D eigenvalue weighted by molar-refractivity contribution is -0.140. The molecule has 0 heterocycles. The highest BCUT2D eigenvalue weighted by molar-refractivity contribution is 9.10. The van der Waals surface area contributed by atoms with Gasteiger partial charge in [-0.3, -0.25) is 13.9 Å². The zero-order valence-electron chi connectivity index (χ0n) is 22.5. The van der Waals surface area contributed by atoms with Gasteiger partial charge in [0.2, 0.25) is 21.8 Å². The van der Waals surface area contributed by atoms with Crippen molar-refractivity contribution in [3.63, 3.8) is 0 Å². The lowest BCUT2D eigenvalue weighted by Crippen LogP contribution is -2.54. The third-order valence-electron chi connectivity index (χ3n) is 6.44. The van der Waals surface area contributed by atoms with Gasteiger partial charge in [-0.15, -0.1) is 0 Å². The van der Waals surface area contributed by atoms with Crippen LogP contribution >= 0.6 is 39.1 Å². The summed E-state index contributed by atoms with van der Waals surface area (Å²) in [6, 6.07) is 19.9. The van der Waals surface area contributed by atoms with E-state index in [1.807, 2.05) is 44.2 Å². The third kappa shape index (κ3) is 8.70. The second kappa shape index (κ2) is 14.3. The van der Waals surface area contributed by atoms with E-state index in [1.165, 1.54) is 4.90 Å². The number of amides is 2. The zero-order chi connectivity index (χ0) is 29.4. The molecular formula is C29H32BrCl2N3O4S. The van der Waals surface area contributed by atoms with Gasteiger partial charge in [0.15, 0.2) is 0 Å². The van der Waals surface area contributed by atoms with E-state index in [0.717, 1.165) is 16.1 Å². The average molecular weight is 669 g/mol. The molecule has 0 aliphatic rings. The summed E-state index contributed by atoms with van der Waals surface area (Å²) in [4.78, 5) is 29.2. The molecule has 0 aliphatic heterocycles. The zero-order valence-corrected chi connectivity index (χ0v) is 26.4. The number of anilines is 1. The lowest BCUT2D eigenvalue weighted by atomic mass is 10.0. The smallest absolute Gasteiger partial charge is 0.244 e. The van der Waals surface area contributed by atoms with Crippen molar-refractivity contribution in [2.45, 2.75) is 45.3 Å². The molecule has 0 saturated carbocycles. The monoisotopic (exact) mass is 667 g/mol. The summed E-state index contributed by atoms with van der Waals surface area (Å²) in [7, 11) is -3.87. The highest BCUT2D eigenvalue weighted by Crippen LogP contribution is 2.28. The van der Waals surface area contributed by atoms with Crippen LogP contribution in [0.25, 0.3) is 0 Å². The first-order valence-electron chi connectivity index (χ1n) is 12.7. The highest BCUT2D eigenvalue weighted by Gasteiger charge is 2.34. The lowest BCUT2D eigenvalue weighted by Gasteiger charge is -2.34. The van der Waals surface area contributed by atoms with Gasteiger partial charge in [-0.25, -0.2) is 8.42 Å². The van der Waals surface area contributed by atoms with Crippen molar-refractivity contribution in [1.29, 1.82) is 0 Å². The standard InChI is InChI=1S/C29H32BrCl2N3O4S/c1-4-20(2)33-29(37)27(16-21-10-6-5-7-11-21)34(18-24-25(31)14-9-15-26(24)32)28(36)19-35(40(3,38)39)23-13-8-12-22(30)17-23/h5-15,17,20,27H,4,16,18-19H2,1-3H3,(H,33,37)/t20-,27+/m0/s1. The summed E-state index contributed by atoms with van der Waals surface area (Å²) in [6.07, 6.45) is 1.93. The molecule has 0 aromatic heterocycles. The van der Waals surface area contributed by atoms with Gasteiger partial charge in [0.25, 0.3) is 0 Å². The predicted molar refractivity (Wildman–Crippen MR) is 165 cm³/mol. The van der Waals surface area contributed by atoms with E-state index in [0.29, 0.717) is 32.2 Å². The number of rotatable bonds is 12. The molecular weight excluding hydrogens is 637 g/mol. The van der Waals surface area contributed by atoms with Crippen LogP contribution in [0.1, 0.15) is 31.4 Å². The fourth-order valence-corrected chi connectivity index (χ4v) is 5.84. The summed E-state index contributed by atoms with van der Waals surface area (Å²) in [5.74, 6) is -0.940. The van der Waals surface area contributed by atoms with E-state index in [4.69, 9.17) is 23.2 Å². The number of nitrogens with one attached hydrogen (secondary N) is 1. The maximum absolute atomic E-state index is 14.1. The first-order chi connectivity index (χ1) is 18.9. The van der Waals surface area contributed by atoms with Gasteiger partial charge >= 0.3 is 0 Å². The molecule has 3 rings (SSSR count). The topological polar surface area (TPSA) is 86.8 Å². The maximum Gasteiger partial charge on any atom is 0.244 e. The molecule has 0 bridgehead atoms. The van der Waals surface area contributed by atoms with Gasteiger partial charge in [-0.1, -0.05) is 88.5 Å². The minimum Gasteiger partial charge on any atom is -0.352 e. The van der Waals surface area contributed by atoms with Crippen LogP contribution < -0.4 is 9.62 Å². The van der Waals surface area contributed by atoms with Crippen LogP contribution in [0.5, 0.6) is 0 Å². The Bertz CT molecular complexity index is 1420. The minimum absolute atomic E-state index is 0.0984. The fourth-order valence-electron chi connectivity index (χ4n) is 4.09. The van der Waals surface area contributed by atoms with Crippen molar-refractivity contribution in [1.82, 2.24) is 10.2 Å². The number of benzene rings is 3. The van der Waals surface area contributed by atoms with Crippen LogP contribution in [0.2, 0.25) is 10.0 Å². The van der Waals surface area contributed by atoms with Crippen LogP contribution in [-0.2, 0) is 32.6 Å². The molecule has 40 heavy (non-hydrogen) atoms. The number of sulfonamides is 1. The molecule has 7 nitrogen and oxygen atoms in total. The van der Waals surface area contributed by atoms with E-state index >= 15 is 0 Å². The first kappa shape index (κ1) is 31.9. The summed E-state index contributed by atoms with van der Waals surface area (Å²) in [6.45, 7) is 3.21. The van der Waals surface area contributed by atoms with Gasteiger partial charge in [0.05, 0.1) is 11.9 Å². The van der Waals surface area contributed by atoms with Crippen molar-refractivity contribution in [2.75, 3.05) is 17.1 Å². The van der Waals surface area contributed by atoms with Gasteiger partial charge in [0, 0.05) is 39.1 Å². The molecule has 0 fully saturated rings. The van der Waals surface area contributed by atoms with E-state index in [1.54, 1.807) is 42.5 Å². The molecule has 11 heteroatoms. The number of carbonyl (C=O) groups excluding carboxylic acids is 2. The Kier molecular flexibility index (Phi) is 11.5. The van der Waals surface area contributed by atoms with Crippen molar-refractivity contribution < 1.29 is 18.0 Å². The fraction of sp³-hybridized carbons (Fsp3) is 0.310. The molecule has 0 radical (unpaired) electrons. The van der Waals surface area contributed by atoms with E-state index in [9.17, 15) is 18.0 Å². The van der Waals surface area contributed by atoms with Crippen molar-refractivity contribution >= 4 is 66.7 Å². The van der Waals surface area contributed by atoms with E-state index in [2.05, 4.69) is 21.2 Å². The van der Waals surface area contributed by atoms with Crippen LogP contribution in [0, 0.1) is 0 Å². The molecule has 1 N–H and O–H groups in total. The Hall–Kier alpha value is -2.59. The Morgan fingerprint density at radius 1 is 0.975 bits per heavy atom. The van der Waals surface area contributed by atoms with Crippen LogP contribution in [0.3, 0.4) is 0 Å². The Morgan fingerprint density at radius 2 is 1.60 bits per heavy atom. The maximum atomic E-state index is 14.1. The van der Waals surface area contributed by atoms with Gasteiger partial charge in [-0.05, 0) is 49.2 Å². The molecule has 2 amide bonds. The third-order valence-corrected chi connectivity index (χ3v) is 8.78. The molecule has 2 atom stereocenters. The number of hydrogen-bond acceptors (Lipinski definition) is 4. The quantitative estimate of drug-likeness (QED) is 0.254. The normalized spacial score (nSPS) is 12.8. The summed E-state index contributed by atoms with van der Waals surface area (Å²) < 4.78 is 27.4. The molecule has 214 valence electrons. The van der Waals surface area contributed by atoms with E-state index < -0.39 is 28.5 Å². The molecule has 3 aromatic rings. The SMILES string of the molecule is CC[C@H](C)NC(=O)[C@@H](Cc1ccccc1)N(Cc1c(Cl)cccc1Cl)C(=O)CN(c1cccc(Br)c1)S(C)(=O)=O. The van der Waals surface area contributed by atoms with Crippen molar-refractivity contribution in [3.8, 4) is 0 Å². The number of hydrogen-bond donors (Lipinski definition) is 1. The van der Waals surface area contributed by atoms with Gasteiger partial charge < -0.3 is 10.2 Å². The molecule has 3 aromatic carbocycles. The predicted octanol–water partition coefficient (Wildman–Crippen LogP) is 6.08.